The molecule has 4 nitrogen and oxygen atoms in total. The summed E-state index contributed by atoms with van der Waals surface area (Å²) in [6, 6.07) is 14.1. The number of sulfonamides is 1. The van der Waals surface area contributed by atoms with Crippen molar-refractivity contribution in [1.82, 2.24) is 4.98 Å². The Kier molecular flexibility index (Phi) is 4.21. The van der Waals surface area contributed by atoms with Crippen molar-refractivity contribution in [3.63, 3.8) is 0 Å². The van der Waals surface area contributed by atoms with Crippen molar-refractivity contribution in [2.75, 3.05) is 0 Å². The van der Waals surface area contributed by atoms with E-state index in [0.29, 0.717) is 5.02 Å². The Morgan fingerprint density at radius 2 is 1.55 bits per heavy atom. The topological polar surface area (TPSA) is 73.1 Å². The van der Waals surface area contributed by atoms with Crippen LogP contribution in [-0.2, 0) is 10.0 Å². The maximum atomic E-state index is 11.3. The molecule has 0 atom stereocenters. The van der Waals surface area contributed by atoms with Crippen molar-refractivity contribution >= 4 is 36.1 Å². The number of halogens is 1. The summed E-state index contributed by atoms with van der Waals surface area (Å²) < 4.78 is 24.6. The van der Waals surface area contributed by atoms with Crippen molar-refractivity contribution < 1.29 is 8.42 Å². The molecule has 1 aromatic heterocycles. The second-order valence-electron chi connectivity index (χ2n) is 4.61. The first kappa shape index (κ1) is 15.5. The van der Waals surface area contributed by atoms with Gasteiger partial charge in [0.2, 0.25) is 0 Å². The number of hydrogen-bond donors (Lipinski definition) is 1. The van der Waals surface area contributed by atoms with E-state index in [-0.39, 0.29) is 19.4 Å². The van der Waals surface area contributed by atoms with Gasteiger partial charge < -0.3 is 0 Å². The molecule has 3 aromatic rings. The number of nitrogens with zero attached hydrogens (tertiary/aromatic N) is 1. The van der Waals surface area contributed by atoms with Gasteiger partial charge in [-0.05, 0) is 0 Å². The number of hydrogen-bond acceptors (Lipinski definition) is 3. The molecule has 0 fully saturated rings. The fourth-order valence-electron chi connectivity index (χ4n) is 1.94. The minimum atomic E-state index is -3.66. The summed E-state index contributed by atoms with van der Waals surface area (Å²) in [6.07, 6.45) is 1.85. The molecule has 0 bridgehead atoms. The average molecular weight is 398 g/mol. The summed E-state index contributed by atoms with van der Waals surface area (Å²) in [6.45, 7) is 0. The molecule has 3 rings (SSSR count). The molecule has 2 N–H and O–H groups in total. The van der Waals surface area contributed by atoms with Crippen LogP contribution in [0.2, 0.25) is 5.02 Å². The molecule has 0 aliphatic carbocycles. The van der Waals surface area contributed by atoms with Gasteiger partial charge in [0, 0.05) is 0 Å². The fourth-order valence-corrected chi connectivity index (χ4v) is 4.53. The fraction of sp³-hybridized carbons (Fsp3) is 0. The van der Waals surface area contributed by atoms with E-state index >= 15 is 0 Å². The molecule has 22 heavy (non-hydrogen) atoms. The van der Waals surface area contributed by atoms with Crippen LogP contribution in [0.3, 0.4) is 0 Å². The van der Waals surface area contributed by atoms with Crippen LogP contribution < -0.4 is 5.14 Å². The third kappa shape index (κ3) is 3.32. The molecule has 1 heterocycles. The molecular weight excluding hydrogens is 387 g/mol. The Balaban J connectivity index is 1.92. The molecule has 0 spiro atoms. The molecule has 7 heteroatoms. The average Bonchev–Trinajstić information content (AvgIpc) is 2.97. The Morgan fingerprint density at radius 1 is 0.955 bits per heavy atom. The van der Waals surface area contributed by atoms with E-state index in [0.717, 1.165) is 20.1 Å². The molecule has 0 aliphatic heterocycles. The van der Waals surface area contributed by atoms with Gasteiger partial charge in [0.05, 0.1) is 0 Å². The van der Waals surface area contributed by atoms with Crippen LogP contribution in [0.5, 0.6) is 0 Å². The first-order valence-electron chi connectivity index (χ1n) is 6.28. The van der Waals surface area contributed by atoms with Crippen LogP contribution >= 0.6 is 11.6 Å². The van der Waals surface area contributed by atoms with Gasteiger partial charge in [0.15, 0.2) is 0 Å². The molecule has 2 aromatic carbocycles. The van der Waals surface area contributed by atoms with Crippen LogP contribution in [-0.4, -0.2) is 27.9 Å². The maximum absolute atomic E-state index is 11.3. The Bertz CT molecular complexity index is 903. The number of nitrogens with two attached hydrogens (primary N) is 1. The first-order chi connectivity index (χ1) is 10.4. The molecule has 0 unspecified atom stereocenters. The van der Waals surface area contributed by atoms with Crippen LogP contribution in [0, 0.1) is 0 Å². The summed E-state index contributed by atoms with van der Waals surface area (Å²) >= 11 is 5.96. The van der Waals surface area contributed by atoms with E-state index in [9.17, 15) is 8.42 Å². The van der Waals surface area contributed by atoms with E-state index in [1.54, 1.807) is 12.1 Å². The van der Waals surface area contributed by atoms with Gasteiger partial charge >= 0.3 is 139 Å². The SMILES string of the molecule is NS(=O)(=O)c1ccc(-c2ncc(-c3ccc(Cl)cc3)[se]2)cc1. The number of aromatic nitrogens is 1. The summed E-state index contributed by atoms with van der Waals surface area (Å²) in [5.41, 5.74) is 2.01. The van der Waals surface area contributed by atoms with E-state index in [1.807, 2.05) is 30.5 Å². The zero-order chi connectivity index (χ0) is 15.7. The summed E-state index contributed by atoms with van der Waals surface area (Å²) in [4.78, 5) is 4.55. The van der Waals surface area contributed by atoms with Crippen molar-refractivity contribution in [3.8, 4) is 20.1 Å². The van der Waals surface area contributed by atoms with Crippen LogP contribution in [0.25, 0.3) is 20.1 Å². The first-order valence-corrected chi connectivity index (χ1v) is 9.92. The summed E-state index contributed by atoms with van der Waals surface area (Å²) in [7, 11) is -3.66. The zero-order valence-corrected chi connectivity index (χ0v) is 14.5. The third-order valence-corrected chi connectivity index (χ3v) is 6.54. The second-order valence-corrected chi connectivity index (χ2v) is 8.77. The number of rotatable bonds is 3. The number of benzene rings is 2. The second kappa shape index (κ2) is 5.99. The Labute approximate surface area is 139 Å². The van der Waals surface area contributed by atoms with Gasteiger partial charge in [-0.15, -0.1) is 0 Å². The van der Waals surface area contributed by atoms with E-state index in [2.05, 4.69) is 4.98 Å². The van der Waals surface area contributed by atoms with Crippen molar-refractivity contribution in [1.29, 1.82) is 0 Å². The van der Waals surface area contributed by atoms with Crippen molar-refractivity contribution in [2.24, 2.45) is 5.14 Å². The predicted octanol–water partition coefficient (Wildman–Crippen LogP) is 2.77. The third-order valence-electron chi connectivity index (χ3n) is 3.06. The van der Waals surface area contributed by atoms with Crippen LogP contribution in [0.15, 0.2) is 59.6 Å². The molecule has 112 valence electrons. The van der Waals surface area contributed by atoms with Gasteiger partial charge in [0.1, 0.15) is 0 Å². The Morgan fingerprint density at radius 3 is 2.14 bits per heavy atom. The molecule has 0 amide bonds. The van der Waals surface area contributed by atoms with Gasteiger partial charge in [0.25, 0.3) is 0 Å². The monoisotopic (exact) mass is 398 g/mol. The van der Waals surface area contributed by atoms with E-state index in [1.165, 1.54) is 12.1 Å². The normalized spacial score (nSPS) is 11.5. The Hall–Kier alpha value is -1.43. The number of primary sulfonamides is 1. The van der Waals surface area contributed by atoms with E-state index in [4.69, 9.17) is 16.7 Å². The summed E-state index contributed by atoms with van der Waals surface area (Å²) in [5, 5.41) is 5.80. The van der Waals surface area contributed by atoms with Gasteiger partial charge in [-0.3, -0.25) is 0 Å². The molecule has 0 saturated carbocycles. The molecular formula is C15H11ClN2O2SSe. The predicted molar refractivity (Wildman–Crippen MR) is 88.4 cm³/mol. The molecule has 0 saturated heterocycles. The molecule has 0 aliphatic rings. The van der Waals surface area contributed by atoms with Crippen LogP contribution in [0.4, 0.5) is 0 Å². The zero-order valence-electron chi connectivity index (χ0n) is 11.2. The minimum absolute atomic E-state index is 0.0664. The van der Waals surface area contributed by atoms with Gasteiger partial charge in [-0.1, -0.05) is 0 Å². The van der Waals surface area contributed by atoms with Crippen LogP contribution in [0.1, 0.15) is 0 Å². The van der Waals surface area contributed by atoms with Crippen molar-refractivity contribution in [2.45, 2.75) is 4.90 Å². The summed E-state index contributed by atoms with van der Waals surface area (Å²) in [5.74, 6) is 0. The van der Waals surface area contributed by atoms with Crippen molar-refractivity contribution in [3.05, 3.63) is 59.8 Å². The van der Waals surface area contributed by atoms with Gasteiger partial charge in [-0.2, -0.15) is 0 Å². The van der Waals surface area contributed by atoms with Gasteiger partial charge in [-0.25, -0.2) is 0 Å². The quantitative estimate of drug-likeness (QED) is 0.691. The standard InChI is InChI=1S/C15H11ClN2O2SSe/c16-12-5-1-10(2-6-12)14-9-18-15(22-14)11-3-7-13(8-4-11)21(17,19)20/h1-9H,(H2,17,19,20). The molecule has 0 radical (unpaired) electrons. The van der Waals surface area contributed by atoms with E-state index < -0.39 is 10.0 Å².